The average molecular weight is 209 g/mol. The second-order valence-electron chi connectivity index (χ2n) is 2.89. The van der Waals surface area contributed by atoms with Gasteiger partial charge in [-0.25, -0.2) is 15.0 Å². The van der Waals surface area contributed by atoms with E-state index >= 15 is 0 Å². The van der Waals surface area contributed by atoms with Crippen LogP contribution in [0.1, 0.15) is 11.4 Å². The average Bonchev–Trinajstić information content (AvgIpc) is 2.61. The SMILES string of the molecule is Cc1[nH]c(-c2ccncn2)nc1CCl. The number of aromatic amines is 1. The lowest BCUT2D eigenvalue weighted by Crippen LogP contribution is -1.85. The molecule has 2 heterocycles. The first-order chi connectivity index (χ1) is 6.81. The van der Waals surface area contributed by atoms with Gasteiger partial charge in [-0.3, -0.25) is 0 Å². The van der Waals surface area contributed by atoms with Gasteiger partial charge in [0.1, 0.15) is 12.0 Å². The van der Waals surface area contributed by atoms with Gasteiger partial charge in [0.15, 0.2) is 5.82 Å². The monoisotopic (exact) mass is 208 g/mol. The molecule has 2 rings (SSSR count). The van der Waals surface area contributed by atoms with Crippen molar-refractivity contribution in [1.82, 2.24) is 19.9 Å². The van der Waals surface area contributed by atoms with Crippen molar-refractivity contribution in [3.05, 3.63) is 30.0 Å². The largest absolute Gasteiger partial charge is 0.341 e. The van der Waals surface area contributed by atoms with E-state index in [2.05, 4.69) is 19.9 Å². The molecule has 0 atom stereocenters. The van der Waals surface area contributed by atoms with E-state index in [1.54, 1.807) is 12.3 Å². The van der Waals surface area contributed by atoms with E-state index < -0.39 is 0 Å². The molecule has 4 nitrogen and oxygen atoms in total. The quantitative estimate of drug-likeness (QED) is 0.768. The van der Waals surface area contributed by atoms with Crippen LogP contribution < -0.4 is 0 Å². The molecule has 1 N–H and O–H groups in total. The number of aromatic nitrogens is 4. The molecular weight excluding hydrogens is 200 g/mol. The third-order valence-electron chi connectivity index (χ3n) is 1.94. The van der Waals surface area contributed by atoms with Gasteiger partial charge in [-0.05, 0) is 13.0 Å². The highest BCUT2D eigenvalue weighted by Gasteiger charge is 2.07. The minimum Gasteiger partial charge on any atom is -0.341 e. The Labute approximate surface area is 86.4 Å². The number of nitrogens with one attached hydrogen (secondary N) is 1. The van der Waals surface area contributed by atoms with Gasteiger partial charge in [-0.1, -0.05) is 0 Å². The maximum absolute atomic E-state index is 5.72. The highest BCUT2D eigenvalue weighted by atomic mass is 35.5. The Hall–Kier alpha value is -1.42. The van der Waals surface area contributed by atoms with E-state index in [-0.39, 0.29) is 0 Å². The van der Waals surface area contributed by atoms with Crippen LogP contribution in [0.2, 0.25) is 0 Å². The molecule has 0 bridgehead atoms. The number of nitrogens with zero attached hydrogens (tertiary/aromatic N) is 3. The topological polar surface area (TPSA) is 54.5 Å². The van der Waals surface area contributed by atoms with E-state index in [1.165, 1.54) is 6.33 Å². The van der Waals surface area contributed by atoms with Crippen LogP contribution in [-0.2, 0) is 5.88 Å². The van der Waals surface area contributed by atoms with E-state index in [4.69, 9.17) is 11.6 Å². The number of halogens is 1. The number of imidazole rings is 1. The Morgan fingerprint density at radius 3 is 2.93 bits per heavy atom. The summed E-state index contributed by atoms with van der Waals surface area (Å²) in [7, 11) is 0. The predicted molar refractivity (Wildman–Crippen MR) is 53.9 cm³/mol. The first-order valence-electron chi connectivity index (χ1n) is 4.19. The molecule has 0 aliphatic rings. The molecule has 0 aliphatic heterocycles. The fourth-order valence-electron chi connectivity index (χ4n) is 1.18. The van der Waals surface area contributed by atoms with Gasteiger partial charge in [-0.2, -0.15) is 0 Å². The highest BCUT2D eigenvalue weighted by molar-refractivity contribution is 6.17. The van der Waals surface area contributed by atoms with E-state index in [0.717, 1.165) is 22.9 Å². The van der Waals surface area contributed by atoms with E-state index in [9.17, 15) is 0 Å². The van der Waals surface area contributed by atoms with Crippen LogP contribution >= 0.6 is 11.6 Å². The van der Waals surface area contributed by atoms with E-state index in [1.807, 2.05) is 6.92 Å². The van der Waals surface area contributed by atoms with Gasteiger partial charge >= 0.3 is 0 Å². The fourth-order valence-corrected chi connectivity index (χ4v) is 1.44. The highest BCUT2D eigenvalue weighted by Crippen LogP contribution is 2.15. The molecule has 0 saturated heterocycles. The molecule has 0 aromatic carbocycles. The van der Waals surface area contributed by atoms with Gasteiger partial charge in [0, 0.05) is 11.9 Å². The van der Waals surface area contributed by atoms with Crippen LogP contribution in [0.15, 0.2) is 18.6 Å². The van der Waals surface area contributed by atoms with Gasteiger partial charge in [-0.15, -0.1) is 11.6 Å². The summed E-state index contributed by atoms with van der Waals surface area (Å²) in [6, 6.07) is 1.80. The Kier molecular flexibility index (Phi) is 2.45. The van der Waals surface area contributed by atoms with Gasteiger partial charge in [0.05, 0.1) is 11.6 Å². The summed E-state index contributed by atoms with van der Waals surface area (Å²) < 4.78 is 0. The molecular formula is C9H9ClN4. The first kappa shape index (κ1) is 9.15. The third kappa shape index (κ3) is 1.61. The maximum atomic E-state index is 5.72. The molecule has 5 heteroatoms. The smallest absolute Gasteiger partial charge is 0.156 e. The summed E-state index contributed by atoms with van der Waals surface area (Å²) in [4.78, 5) is 15.4. The standard InChI is InChI=1S/C9H9ClN4/c1-6-8(4-10)14-9(13-6)7-2-3-11-5-12-7/h2-3,5H,4H2,1H3,(H,13,14). The minimum absolute atomic E-state index is 0.410. The lowest BCUT2D eigenvalue weighted by Gasteiger charge is -1.92. The Morgan fingerprint density at radius 1 is 1.50 bits per heavy atom. The van der Waals surface area contributed by atoms with Crippen molar-refractivity contribution in [1.29, 1.82) is 0 Å². The molecule has 0 aliphatic carbocycles. The lowest BCUT2D eigenvalue weighted by molar-refractivity contribution is 1.13. The number of aryl methyl sites for hydroxylation is 1. The van der Waals surface area contributed by atoms with Crippen LogP contribution in [0.4, 0.5) is 0 Å². The molecule has 0 spiro atoms. The zero-order valence-electron chi connectivity index (χ0n) is 7.66. The normalized spacial score (nSPS) is 10.4. The summed E-state index contributed by atoms with van der Waals surface area (Å²) in [6.45, 7) is 1.94. The van der Waals surface area contributed by atoms with Crippen molar-refractivity contribution < 1.29 is 0 Å². The Morgan fingerprint density at radius 2 is 2.36 bits per heavy atom. The van der Waals surface area contributed by atoms with Crippen LogP contribution in [0.5, 0.6) is 0 Å². The molecule has 0 amide bonds. The Bertz CT molecular complexity index is 424. The number of alkyl halides is 1. The zero-order chi connectivity index (χ0) is 9.97. The molecule has 0 unspecified atom stereocenters. The number of rotatable bonds is 2. The maximum Gasteiger partial charge on any atom is 0.156 e. The minimum atomic E-state index is 0.410. The summed E-state index contributed by atoms with van der Waals surface area (Å²) >= 11 is 5.72. The molecule has 2 aromatic rings. The van der Waals surface area contributed by atoms with E-state index in [0.29, 0.717) is 5.88 Å². The van der Waals surface area contributed by atoms with Gasteiger partial charge < -0.3 is 4.98 Å². The lowest BCUT2D eigenvalue weighted by atomic mass is 10.4. The number of H-pyrrole nitrogens is 1. The number of hydrogen-bond donors (Lipinski definition) is 1. The fraction of sp³-hybridized carbons (Fsp3) is 0.222. The summed E-state index contributed by atoms with van der Waals surface area (Å²) in [6.07, 6.45) is 3.17. The van der Waals surface area contributed by atoms with Crippen molar-refractivity contribution in [2.45, 2.75) is 12.8 Å². The van der Waals surface area contributed by atoms with Crippen molar-refractivity contribution in [3.63, 3.8) is 0 Å². The van der Waals surface area contributed by atoms with Crippen LogP contribution in [0, 0.1) is 6.92 Å². The van der Waals surface area contributed by atoms with Gasteiger partial charge in [0.2, 0.25) is 0 Å². The van der Waals surface area contributed by atoms with Crippen LogP contribution in [0.25, 0.3) is 11.5 Å². The van der Waals surface area contributed by atoms with Crippen molar-refractivity contribution >= 4 is 11.6 Å². The van der Waals surface area contributed by atoms with Gasteiger partial charge in [0.25, 0.3) is 0 Å². The summed E-state index contributed by atoms with van der Waals surface area (Å²) in [5, 5.41) is 0. The van der Waals surface area contributed by atoms with Crippen molar-refractivity contribution in [2.75, 3.05) is 0 Å². The third-order valence-corrected chi connectivity index (χ3v) is 2.19. The van der Waals surface area contributed by atoms with Crippen molar-refractivity contribution in [3.8, 4) is 11.5 Å². The summed E-state index contributed by atoms with van der Waals surface area (Å²) in [5.74, 6) is 1.15. The molecule has 0 radical (unpaired) electrons. The zero-order valence-corrected chi connectivity index (χ0v) is 8.41. The summed E-state index contributed by atoms with van der Waals surface area (Å²) in [5.41, 5.74) is 2.62. The van der Waals surface area contributed by atoms with Crippen molar-refractivity contribution in [2.24, 2.45) is 0 Å². The molecule has 2 aromatic heterocycles. The first-order valence-corrected chi connectivity index (χ1v) is 4.72. The molecule has 72 valence electrons. The second-order valence-corrected chi connectivity index (χ2v) is 3.15. The molecule has 0 saturated carbocycles. The predicted octanol–water partition coefficient (Wildman–Crippen LogP) is 1.91. The van der Waals surface area contributed by atoms with Crippen LogP contribution in [0.3, 0.4) is 0 Å². The Balaban J connectivity index is 2.43. The molecule has 14 heavy (non-hydrogen) atoms. The molecule has 0 fully saturated rings. The van der Waals surface area contributed by atoms with Crippen LogP contribution in [-0.4, -0.2) is 19.9 Å². The number of hydrogen-bond acceptors (Lipinski definition) is 3. The second kappa shape index (κ2) is 3.75.